The summed E-state index contributed by atoms with van der Waals surface area (Å²) in [6.45, 7) is 0. The zero-order valence-corrected chi connectivity index (χ0v) is 11.8. The number of hydrogen-bond donors (Lipinski definition) is 4. The molecular weight excluding hydrogens is 302 g/mol. The second-order valence-electron chi connectivity index (χ2n) is 4.99. The Kier molecular flexibility index (Phi) is 4.01. The summed E-state index contributed by atoms with van der Waals surface area (Å²) in [5, 5.41) is 9.34. The largest absolute Gasteiger partial charge is 0.480 e. The first-order valence-electron chi connectivity index (χ1n) is 6.36. The van der Waals surface area contributed by atoms with Crippen LogP contribution in [0.1, 0.15) is 32.1 Å². The Morgan fingerprint density at radius 3 is 2.38 bits per heavy atom. The van der Waals surface area contributed by atoms with E-state index in [2.05, 4.69) is 4.72 Å². The normalized spacial score (nSPS) is 18.3. The third kappa shape index (κ3) is 3.05. The molecular formula is C11H15N3O6S. The average Bonchev–Trinajstić information content (AvgIpc) is 2.38. The van der Waals surface area contributed by atoms with Crippen LogP contribution in [0.2, 0.25) is 0 Å². The molecule has 1 heterocycles. The maximum absolute atomic E-state index is 12.2. The highest BCUT2D eigenvalue weighted by molar-refractivity contribution is 7.89. The molecule has 9 nitrogen and oxygen atoms in total. The molecule has 116 valence electrons. The summed E-state index contributed by atoms with van der Waals surface area (Å²) in [5.74, 6) is -1.27. The Morgan fingerprint density at radius 1 is 1.24 bits per heavy atom. The van der Waals surface area contributed by atoms with Gasteiger partial charge in [0, 0.05) is 6.20 Å². The van der Waals surface area contributed by atoms with Crippen molar-refractivity contribution in [1.82, 2.24) is 14.7 Å². The highest BCUT2D eigenvalue weighted by Crippen LogP contribution is 2.29. The van der Waals surface area contributed by atoms with Gasteiger partial charge in [-0.3, -0.25) is 14.6 Å². The molecule has 0 amide bonds. The maximum Gasteiger partial charge on any atom is 0.325 e. The minimum Gasteiger partial charge on any atom is -0.480 e. The van der Waals surface area contributed by atoms with Gasteiger partial charge in [0.05, 0.1) is 0 Å². The van der Waals surface area contributed by atoms with E-state index in [-0.39, 0.29) is 12.8 Å². The molecule has 0 aromatic carbocycles. The standard InChI is InChI=1S/C11H15N3O6S/c15-8-7(6-12-10(18)13-8)21(19,20)14-11(9(16)17)4-2-1-3-5-11/h6,14H,1-5H2,(H,16,17)(H2,12,13,15,18). The Hall–Kier alpha value is -1.94. The molecule has 4 N–H and O–H groups in total. The van der Waals surface area contributed by atoms with Gasteiger partial charge in [0.15, 0.2) is 4.90 Å². The molecule has 1 aromatic heterocycles. The summed E-state index contributed by atoms with van der Waals surface area (Å²) in [5.41, 5.74) is -3.55. The van der Waals surface area contributed by atoms with Crippen LogP contribution in [0, 0.1) is 0 Å². The molecule has 0 unspecified atom stereocenters. The van der Waals surface area contributed by atoms with E-state index in [9.17, 15) is 27.9 Å². The number of H-pyrrole nitrogens is 2. The van der Waals surface area contributed by atoms with E-state index in [1.165, 1.54) is 0 Å². The van der Waals surface area contributed by atoms with E-state index in [0.29, 0.717) is 12.8 Å². The van der Waals surface area contributed by atoms with Crippen molar-refractivity contribution in [2.75, 3.05) is 0 Å². The number of aromatic amines is 2. The van der Waals surface area contributed by atoms with Crippen LogP contribution >= 0.6 is 0 Å². The summed E-state index contributed by atoms with van der Waals surface area (Å²) in [6, 6.07) is 0. The number of carboxylic acids is 1. The number of carboxylic acid groups (broad SMARTS) is 1. The maximum atomic E-state index is 12.2. The highest BCUT2D eigenvalue weighted by Gasteiger charge is 2.43. The van der Waals surface area contributed by atoms with Gasteiger partial charge in [-0.15, -0.1) is 0 Å². The van der Waals surface area contributed by atoms with Crippen LogP contribution in [0.5, 0.6) is 0 Å². The van der Waals surface area contributed by atoms with Crippen LogP contribution in [-0.4, -0.2) is 35.0 Å². The lowest BCUT2D eigenvalue weighted by Crippen LogP contribution is -2.56. The molecule has 0 radical (unpaired) electrons. The zero-order valence-electron chi connectivity index (χ0n) is 11.0. The number of aliphatic carboxylic acids is 1. The Labute approximate surface area is 119 Å². The number of aromatic nitrogens is 2. The fourth-order valence-corrected chi connectivity index (χ4v) is 3.85. The van der Waals surface area contributed by atoms with E-state index < -0.39 is 37.7 Å². The topological polar surface area (TPSA) is 149 Å². The second kappa shape index (κ2) is 5.45. The number of rotatable bonds is 4. The van der Waals surface area contributed by atoms with Gasteiger partial charge < -0.3 is 10.1 Å². The first-order chi connectivity index (χ1) is 9.77. The van der Waals surface area contributed by atoms with Crippen molar-refractivity contribution < 1.29 is 18.3 Å². The Morgan fingerprint density at radius 2 is 1.86 bits per heavy atom. The van der Waals surface area contributed by atoms with Crippen molar-refractivity contribution >= 4 is 16.0 Å². The number of nitrogens with one attached hydrogen (secondary N) is 3. The molecule has 10 heteroatoms. The third-order valence-electron chi connectivity index (χ3n) is 3.52. The first kappa shape index (κ1) is 15.4. The van der Waals surface area contributed by atoms with Gasteiger partial charge in [-0.05, 0) is 12.8 Å². The molecule has 0 saturated heterocycles. The third-order valence-corrected chi connectivity index (χ3v) is 5.06. The summed E-state index contributed by atoms with van der Waals surface area (Å²) < 4.78 is 26.6. The van der Waals surface area contributed by atoms with E-state index in [0.717, 1.165) is 12.6 Å². The predicted octanol–water partition coefficient (Wildman–Crippen LogP) is -0.871. The van der Waals surface area contributed by atoms with Crippen LogP contribution in [0.3, 0.4) is 0 Å². The number of hydrogen-bond acceptors (Lipinski definition) is 5. The summed E-state index contributed by atoms with van der Waals surface area (Å²) in [7, 11) is -4.36. The van der Waals surface area contributed by atoms with Crippen molar-refractivity contribution in [3.8, 4) is 0 Å². The van der Waals surface area contributed by atoms with Gasteiger partial charge >= 0.3 is 11.7 Å². The zero-order chi connectivity index (χ0) is 15.7. The highest BCUT2D eigenvalue weighted by atomic mass is 32.2. The van der Waals surface area contributed by atoms with Gasteiger partial charge in [-0.25, -0.2) is 13.2 Å². The molecule has 0 bridgehead atoms. The fourth-order valence-electron chi connectivity index (χ4n) is 2.42. The summed E-state index contributed by atoms with van der Waals surface area (Å²) in [6.07, 6.45) is 3.05. The van der Waals surface area contributed by atoms with Crippen LogP contribution < -0.4 is 16.0 Å². The fraction of sp³-hybridized carbons (Fsp3) is 0.545. The summed E-state index contributed by atoms with van der Waals surface area (Å²) in [4.78, 5) is 37.0. The molecule has 1 aliphatic carbocycles. The Balaban J connectivity index is 2.42. The molecule has 1 aliphatic rings. The predicted molar refractivity (Wildman–Crippen MR) is 71.5 cm³/mol. The van der Waals surface area contributed by atoms with Crippen LogP contribution in [0.4, 0.5) is 0 Å². The van der Waals surface area contributed by atoms with Crippen molar-refractivity contribution in [2.45, 2.75) is 42.5 Å². The van der Waals surface area contributed by atoms with E-state index in [1.807, 2.05) is 4.98 Å². The lowest BCUT2D eigenvalue weighted by atomic mass is 9.83. The monoisotopic (exact) mass is 317 g/mol. The van der Waals surface area contributed by atoms with Gasteiger partial charge in [0.1, 0.15) is 5.54 Å². The van der Waals surface area contributed by atoms with E-state index in [4.69, 9.17) is 0 Å². The molecule has 1 saturated carbocycles. The van der Waals surface area contributed by atoms with Crippen molar-refractivity contribution in [2.24, 2.45) is 0 Å². The molecule has 1 fully saturated rings. The molecule has 1 aromatic rings. The molecule has 2 rings (SSSR count). The molecule has 0 atom stereocenters. The van der Waals surface area contributed by atoms with E-state index in [1.54, 1.807) is 4.98 Å². The van der Waals surface area contributed by atoms with Crippen LogP contribution in [0.15, 0.2) is 20.7 Å². The van der Waals surface area contributed by atoms with Crippen LogP contribution in [-0.2, 0) is 14.8 Å². The van der Waals surface area contributed by atoms with Gasteiger partial charge in [-0.1, -0.05) is 19.3 Å². The second-order valence-corrected chi connectivity index (χ2v) is 6.64. The minimum absolute atomic E-state index is 0.156. The smallest absolute Gasteiger partial charge is 0.325 e. The van der Waals surface area contributed by atoms with Crippen LogP contribution in [0.25, 0.3) is 0 Å². The number of carbonyl (C=O) groups is 1. The SMILES string of the molecule is O=C(O)C1(NS(=O)(=O)c2c[nH]c(=O)[nH]c2=O)CCCCC1. The molecule has 0 aliphatic heterocycles. The first-order valence-corrected chi connectivity index (χ1v) is 7.85. The minimum atomic E-state index is -4.36. The van der Waals surface area contributed by atoms with Gasteiger partial charge in [0.25, 0.3) is 5.56 Å². The molecule has 0 spiro atoms. The van der Waals surface area contributed by atoms with Gasteiger partial charge in [0.2, 0.25) is 10.0 Å². The summed E-state index contributed by atoms with van der Waals surface area (Å²) >= 11 is 0. The lowest BCUT2D eigenvalue weighted by molar-refractivity contribution is -0.145. The lowest BCUT2D eigenvalue weighted by Gasteiger charge is -2.33. The van der Waals surface area contributed by atoms with E-state index >= 15 is 0 Å². The van der Waals surface area contributed by atoms with Crippen molar-refractivity contribution in [3.63, 3.8) is 0 Å². The van der Waals surface area contributed by atoms with Crippen molar-refractivity contribution in [3.05, 3.63) is 27.0 Å². The van der Waals surface area contributed by atoms with Gasteiger partial charge in [-0.2, -0.15) is 4.72 Å². The quantitative estimate of drug-likeness (QED) is 0.567. The van der Waals surface area contributed by atoms with Crippen molar-refractivity contribution in [1.29, 1.82) is 0 Å². The average molecular weight is 317 g/mol. The Bertz CT molecular complexity index is 757. The number of sulfonamides is 1. The molecule has 21 heavy (non-hydrogen) atoms.